The molecular weight excluding hydrogens is 362 g/mol. The lowest BCUT2D eigenvalue weighted by Gasteiger charge is -2.31. The summed E-state index contributed by atoms with van der Waals surface area (Å²) in [6.45, 7) is 6.12. The van der Waals surface area contributed by atoms with E-state index in [1.165, 1.54) is 6.42 Å². The van der Waals surface area contributed by atoms with Gasteiger partial charge in [-0.3, -0.25) is 0 Å². The number of ether oxygens (including phenoxy) is 1. The molecule has 0 amide bonds. The Morgan fingerprint density at radius 1 is 1.44 bits per heavy atom. The van der Waals surface area contributed by atoms with Gasteiger partial charge in [-0.1, -0.05) is 13.8 Å². The number of hydrogen-bond acceptors (Lipinski definition) is 3. The molecule has 0 spiro atoms. The zero-order valence-electron chi connectivity index (χ0n) is 10.7. The minimum Gasteiger partial charge on any atom is -0.450 e. The van der Waals surface area contributed by atoms with Crippen molar-refractivity contribution in [1.82, 2.24) is 5.32 Å². The molecule has 1 aromatic rings. The Kier molecular flexibility index (Phi) is 5.30. The first kappa shape index (κ1) is 14.6. The highest BCUT2D eigenvalue weighted by molar-refractivity contribution is 9.13. The van der Waals surface area contributed by atoms with Crippen molar-refractivity contribution >= 4 is 31.9 Å². The first-order chi connectivity index (χ1) is 8.58. The van der Waals surface area contributed by atoms with Gasteiger partial charge in [-0.15, -0.1) is 0 Å². The zero-order valence-corrected chi connectivity index (χ0v) is 13.9. The number of hydrogen-bond donors (Lipinski definition) is 1. The lowest BCUT2D eigenvalue weighted by atomic mass is 9.92. The standard InChI is InChI=1S/C13H19Br2NO2/c1-8(2)16-7-9-4-3-5-17-12(9)11-6-10(14)13(15)18-11/h6,8-9,12,16H,3-5,7H2,1-2H3. The number of nitrogens with one attached hydrogen (secondary N) is 1. The second-order valence-corrected chi connectivity index (χ2v) is 6.60. The van der Waals surface area contributed by atoms with E-state index in [1.807, 2.05) is 6.07 Å². The van der Waals surface area contributed by atoms with Gasteiger partial charge in [0.25, 0.3) is 0 Å². The first-order valence-electron chi connectivity index (χ1n) is 6.37. The van der Waals surface area contributed by atoms with Crippen LogP contribution in [0.25, 0.3) is 0 Å². The molecule has 1 N–H and O–H groups in total. The number of halogens is 2. The molecule has 2 rings (SSSR count). The highest BCUT2D eigenvalue weighted by Gasteiger charge is 2.30. The molecule has 0 aromatic carbocycles. The molecule has 5 heteroatoms. The highest BCUT2D eigenvalue weighted by Crippen LogP contribution is 2.38. The van der Waals surface area contributed by atoms with Gasteiger partial charge in [0.15, 0.2) is 4.67 Å². The summed E-state index contributed by atoms with van der Waals surface area (Å²) in [5.41, 5.74) is 0. The van der Waals surface area contributed by atoms with E-state index in [4.69, 9.17) is 9.15 Å². The molecule has 3 nitrogen and oxygen atoms in total. The van der Waals surface area contributed by atoms with Crippen LogP contribution in [0.1, 0.15) is 38.6 Å². The average Bonchev–Trinajstić information content (AvgIpc) is 2.67. The minimum absolute atomic E-state index is 0.0626. The van der Waals surface area contributed by atoms with E-state index in [0.717, 1.165) is 34.5 Å². The molecule has 1 aliphatic heterocycles. The van der Waals surface area contributed by atoms with Gasteiger partial charge in [0.1, 0.15) is 11.9 Å². The Labute approximate surface area is 125 Å². The van der Waals surface area contributed by atoms with Crippen molar-refractivity contribution < 1.29 is 9.15 Å². The molecule has 0 bridgehead atoms. The predicted octanol–water partition coefficient (Wildman–Crippen LogP) is 4.27. The third-order valence-corrected chi connectivity index (χ3v) is 4.89. The van der Waals surface area contributed by atoms with Crippen LogP contribution in [0.2, 0.25) is 0 Å². The van der Waals surface area contributed by atoms with Crippen molar-refractivity contribution in [2.75, 3.05) is 13.2 Å². The van der Waals surface area contributed by atoms with Crippen molar-refractivity contribution in [2.24, 2.45) is 5.92 Å². The molecule has 0 radical (unpaired) electrons. The number of rotatable bonds is 4. The predicted molar refractivity (Wildman–Crippen MR) is 78.7 cm³/mol. The quantitative estimate of drug-likeness (QED) is 0.846. The highest BCUT2D eigenvalue weighted by atomic mass is 79.9. The molecular formula is C13H19Br2NO2. The topological polar surface area (TPSA) is 34.4 Å². The summed E-state index contributed by atoms with van der Waals surface area (Å²) >= 11 is 6.83. The van der Waals surface area contributed by atoms with Crippen molar-refractivity contribution in [3.63, 3.8) is 0 Å². The van der Waals surface area contributed by atoms with E-state index < -0.39 is 0 Å². The fourth-order valence-corrected chi connectivity index (χ4v) is 2.87. The Bertz CT molecular complexity index is 373. The smallest absolute Gasteiger partial charge is 0.183 e. The lowest BCUT2D eigenvalue weighted by Crippen LogP contribution is -2.34. The molecule has 1 saturated heterocycles. The van der Waals surface area contributed by atoms with E-state index >= 15 is 0 Å². The SMILES string of the molecule is CC(C)NCC1CCCOC1c1cc(Br)c(Br)o1. The zero-order chi connectivity index (χ0) is 13.1. The molecule has 2 heterocycles. The van der Waals surface area contributed by atoms with E-state index in [9.17, 15) is 0 Å². The van der Waals surface area contributed by atoms with Gasteiger partial charge in [-0.25, -0.2) is 0 Å². The number of furan rings is 1. The molecule has 102 valence electrons. The van der Waals surface area contributed by atoms with Crippen LogP contribution in [0.15, 0.2) is 19.6 Å². The van der Waals surface area contributed by atoms with Crippen LogP contribution in [-0.2, 0) is 4.74 Å². The summed E-state index contributed by atoms with van der Waals surface area (Å²) in [7, 11) is 0. The average molecular weight is 381 g/mol. The maximum atomic E-state index is 5.90. The molecule has 0 aliphatic carbocycles. The van der Waals surface area contributed by atoms with Gasteiger partial charge in [0.05, 0.1) is 4.47 Å². The second-order valence-electron chi connectivity index (χ2n) is 5.03. The fourth-order valence-electron chi connectivity index (χ4n) is 2.26. The van der Waals surface area contributed by atoms with Crippen molar-refractivity contribution in [2.45, 2.75) is 38.8 Å². The van der Waals surface area contributed by atoms with Gasteiger partial charge < -0.3 is 14.5 Å². The van der Waals surface area contributed by atoms with E-state index in [1.54, 1.807) is 0 Å². The van der Waals surface area contributed by atoms with E-state index in [2.05, 4.69) is 51.0 Å². The fraction of sp³-hybridized carbons (Fsp3) is 0.692. The van der Waals surface area contributed by atoms with Gasteiger partial charge >= 0.3 is 0 Å². The summed E-state index contributed by atoms with van der Waals surface area (Å²) in [6, 6.07) is 2.50. The van der Waals surface area contributed by atoms with Gasteiger partial charge in [-0.2, -0.15) is 0 Å². The first-order valence-corrected chi connectivity index (χ1v) is 7.96. The minimum atomic E-state index is 0.0626. The summed E-state index contributed by atoms with van der Waals surface area (Å²) < 4.78 is 13.3. The van der Waals surface area contributed by atoms with Gasteiger partial charge in [-0.05, 0) is 50.8 Å². The van der Waals surface area contributed by atoms with E-state index in [0.29, 0.717) is 12.0 Å². The third kappa shape index (κ3) is 3.59. The Morgan fingerprint density at radius 3 is 2.83 bits per heavy atom. The molecule has 2 atom stereocenters. The van der Waals surface area contributed by atoms with Crippen LogP contribution in [0.4, 0.5) is 0 Å². The molecule has 1 aromatic heterocycles. The molecule has 1 aliphatic rings. The monoisotopic (exact) mass is 379 g/mol. The Balaban J connectivity index is 2.07. The molecule has 18 heavy (non-hydrogen) atoms. The van der Waals surface area contributed by atoms with Crippen molar-refractivity contribution in [3.8, 4) is 0 Å². The van der Waals surface area contributed by atoms with Crippen LogP contribution in [0.3, 0.4) is 0 Å². The van der Waals surface area contributed by atoms with Crippen LogP contribution in [0, 0.1) is 5.92 Å². The molecule has 0 saturated carbocycles. The summed E-state index contributed by atoms with van der Waals surface area (Å²) in [6.07, 6.45) is 2.37. The van der Waals surface area contributed by atoms with Crippen molar-refractivity contribution in [3.05, 3.63) is 21.0 Å². The van der Waals surface area contributed by atoms with Crippen LogP contribution >= 0.6 is 31.9 Å². The third-order valence-electron chi connectivity index (χ3n) is 3.18. The lowest BCUT2D eigenvalue weighted by molar-refractivity contribution is -0.0404. The van der Waals surface area contributed by atoms with Gasteiger partial charge in [0, 0.05) is 25.1 Å². The van der Waals surface area contributed by atoms with Gasteiger partial charge in [0.2, 0.25) is 0 Å². The molecule has 1 fully saturated rings. The van der Waals surface area contributed by atoms with Crippen LogP contribution in [-0.4, -0.2) is 19.2 Å². The maximum Gasteiger partial charge on any atom is 0.183 e. The maximum absolute atomic E-state index is 5.90. The van der Waals surface area contributed by atoms with Crippen LogP contribution in [0.5, 0.6) is 0 Å². The van der Waals surface area contributed by atoms with E-state index in [-0.39, 0.29) is 6.10 Å². The second kappa shape index (κ2) is 6.55. The largest absolute Gasteiger partial charge is 0.450 e. The van der Waals surface area contributed by atoms with Crippen LogP contribution < -0.4 is 5.32 Å². The molecule has 2 unspecified atom stereocenters. The Morgan fingerprint density at radius 2 is 2.22 bits per heavy atom. The van der Waals surface area contributed by atoms with Crippen molar-refractivity contribution in [1.29, 1.82) is 0 Å². The summed E-state index contributed by atoms with van der Waals surface area (Å²) in [4.78, 5) is 0. The summed E-state index contributed by atoms with van der Waals surface area (Å²) in [5, 5.41) is 3.49. The normalized spacial score (nSPS) is 24.7. The summed E-state index contributed by atoms with van der Waals surface area (Å²) in [5.74, 6) is 1.38. The Hall–Kier alpha value is 0.160.